The zero-order valence-corrected chi connectivity index (χ0v) is 17.1. The Morgan fingerprint density at radius 1 is 1.25 bits per heavy atom. The molecule has 1 aliphatic rings. The molecular formula is C21H27N5O2. The first kappa shape index (κ1) is 18.5. The van der Waals surface area contributed by atoms with Crippen LogP contribution in [0.1, 0.15) is 39.8 Å². The van der Waals surface area contributed by atoms with Crippen LogP contribution in [0.25, 0.3) is 16.6 Å². The van der Waals surface area contributed by atoms with E-state index < -0.39 is 0 Å². The number of amides is 1. The second-order valence-corrected chi connectivity index (χ2v) is 8.64. The van der Waals surface area contributed by atoms with E-state index in [9.17, 15) is 4.79 Å². The second-order valence-electron chi connectivity index (χ2n) is 8.64. The van der Waals surface area contributed by atoms with Crippen molar-refractivity contribution in [3.05, 3.63) is 36.4 Å². The molecule has 0 aromatic carbocycles. The Morgan fingerprint density at radius 3 is 2.68 bits per heavy atom. The number of rotatable bonds is 4. The number of hydrogen-bond donors (Lipinski definition) is 1. The molecule has 2 atom stereocenters. The van der Waals surface area contributed by atoms with Crippen LogP contribution >= 0.6 is 0 Å². The fourth-order valence-corrected chi connectivity index (χ4v) is 3.53. The van der Waals surface area contributed by atoms with Crippen molar-refractivity contribution in [2.75, 3.05) is 6.54 Å². The minimum absolute atomic E-state index is 0.0782. The Balaban J connectivity index is 1.71. The Bertz CT molecular complexity index is 1030. The Kier molecular flexibility index (Phi) is 4.40. The van der Waals surface area contributed by atoms with Gasteiger partial charge in [0.15, 0.2) is 0 Å². The van der Waals surface area contributed by atoms with Gasteiger partial charge in [-0.25, -0.2) is 4.52 Å². The van der Waals surface area contributed by atoms with Crippen molar-refractivity contribution in [1.82, 2.24) is 24.7 Å². The van der Waals surface area contributed by atoms with Gasteiger partial charge in [0.25, 0.3) is 0 Å². The molecule has 0 saturated carbocycles. The van der Waals surface area contributed by atoms with Crippen molar-refractivity contribution in [3.63, 3.8) is 0 Å². The van der Waals surface area contributed by atoms with E-state index in [1.54, 1.807) is 0 Å². The molecule has 148 valence electrons. The molecule has 1 saturated heterocycles. The van der Waals surface area contributed by atoms with Gasteiger partial charge >= 0.3 is 0 Å². The van der Waals surface area contributed by atoms with Crippen LogP contribution < -0.4 is 10.1 Å². The first-order valence-corrected chi connectivity index (χ1v) is 9.69. The maximum atomic E-state index is 11.6. The van der Waals surface area contributed by atoms with Gasteiger partial charge in [-0.05, 0) is 46.8 Å². The number of fused-ring (bicyclic) bond motifs is 1. The number of aromatic nitrogens is 4. The van der Waals surface area contributed by atoms with E-state index in [4.69, 9.17) is 4.74 Å². The van der Waals surface area contributed by atoms with E-state index >= 15 is 0 Å². The number of ether oxygens (including phenoxy) is 1. The molecule has 4 rings (SSSR count). The summed E-state index contributed by atoms with van der Waals surface area (Å²) in [5.74, 6) is 1.03. The van der Waals surface area contributed by atoms with Gasteiger partial charge < -0.3 is 10.1 Å². The van der Waals surface area contributed by atoms with Gasteiger partial charge in [-0.2, -0.15) is 10.2 Å². The zero-order valence-electron chi connectivity index (χ0n) is 17.1. The third-order valence-electron chi connectivity index (χ3n) is 5.25. The topological polar surface area (TPSA) is 73.5 Å². The normalized spacial score (nSPS) is 18.5. The van der Waals surface area contributed by atoms with Gasteiger partial charge in [0, 0.05) is 42.4 Å². The van der Waals surface area contributed by atoms with E-state index in [2.05, 4.69) is 36.3 Å². The van der Waals surface area contributed by atoms with Crippen molar-refractivity contribution in [2.45, 2.75) is 52.7 Å². The zero-order chi connectivity index (χ0) is 20.1. The lowest BCUT2D eigenvalue weighted by Crippen LogP contribution is -2.25. The molecular weight excluding hydrogens is 354 g/mol. The first-order valence-electron chi connectivity index (χ1n) is 9.69. The molecule has 1 unspecified atom stereocenters. The molecule has 7 nitrogen and oxygen atoms in total. The molecule has 1 fully saturated rings. The van der Waals surface area contributed by atoms with E-state index in [-0.39, 0.29) is 23.5 Å². The summed E-state index contributed by atoms with van der Waals surface area (Å²) in [6.45, 7) is 11.0. The van der Waals surface area contributed by atoms with Crippen LogP contribution in [0.15, 0.2) is 30.7 Å². The fourth-order valence-electron chi connectivity index (χ4n) is 3.53. The quantitative estimate of drug-likeness (QED) is 0.753. The summed E-state index contributed by atoms with van der Waals surface area (Å²) in [4.78, 5) is 11.6. The molecule has 1 N–H and O–H groups in total. The number of nitrogens with zero attached hydrogens (tertiary/aromatic N) is 4. The molecule has 0 aliphatic carbocycles. The highest BCUT2D eigenvalue weighted by atomic mass is 16.5. The van der Waals surface area contributed by atoms with E-state index in [0.717, 1.165) is 28.1 Å². The van der Waals surface area contributed by atoms with Gasteiger partial charge in [0.1, 0.15) is 17.4 Å². The molecule has 0 bridgehead atoms. The molecule has 3 aromatic rings. The molecule has 4 heterocycles. The average molecular weight is 381 g/mol. The predicted molar refractivity (Wildman–Crippen MR) is 107 cm³/mol. The van der Waals surface area contributed by atoms with Gasteiger partial charge in [-0.15, -0.1) is 0 Å². The van der Waals surface area contributed by atoms with Crippen LogP contribution in [-0.2, 0) is 10.3 Å². The molecule has 28 heavy (non-hydrogen) atoms. The number of pyridine rings is 1. The highest BCUT2D eigenvalue weighted by Crippen LogP contribution is 2.31. The van der Waals surface area contributed by atoms with Crippen molar-refractivity contribution in [3.8, 4) is 16.9 Å². The maximum absolute atomic E-state index is 11.6. The van der Waals surface area contributed by atoms with Crippen molar-refractivity contribution in [2.24, 2.45) is 5.92 Å². The van der Waals surface area contributed by atoms with Crippen molar-refractivity contribution >= 4 is 11.4 Å². The summed E-state index contributed by atoms with van der Waals surface area (Å²) in [6, 6.07) is 4.06. The molecule has 1 aliphatic heterocycles. The van der Waals surface area contributed by atoms with Crippen LogP contribution in [0.4, 0.5) is 0 Å². The Morgan fingerprint density at radius 2 is 2.04 bits per heavy atom. The summed E-state index contributed by atoms with van der Waals surface area (Å²) in [5, 5.41) is 12.0. The Labute approximate surface area is 164 Å². The lowest BCUT2D eigenvalue weighted by atomic mass is 10.0. The molecule has 3 aromatic heterocycles. The van der Waals surface area contributed by atoms with Crippen molar-refractivity contribution in [1.29, 1.82) is 0 Å². The van der Waals surface area contributed by atoms with Gasteiger partial charge in [-0.3, -0.25) is 9.48 Å². The minimum atomic E-state index is -0.0828. The predicted octanol–water partition coefficient (Wildman–Crippen LogP) is 3.16. The highest BCUT2D eigenvalue weighted by molar-refractivity contribution is 5.78. The van der Waals surface area contributed by atoms with Crippen LogP contribution in [0.3, 0.4) is 0 Å². The molecule has 0 radical (unpaired) electrons. The second kappa shape index (κ2) is 6.65. The number of hydrogen-bond acceptors (Lipinski definition) is 4. The molecule has 0 spiro atoms. The highest BCUT2D eigenvalue weighted by Gasteiger charge is 2.28. The average Bonchev–Trinajstić information content (AvgIpc) is 3.32. The SMILES string of the molecule is Cc1cc2c(O[C@H](C)C3CNC(=O)C3)cc(-c3cnn(C(C)(C)C)c3)cn2n1. The summed E-state index contributed by atoms with van der Waals surface area (Å²) >= 11 is 0. The summed E-state index contributed by atoms with van der Waals surface area (Å²) < 4.78 is 10.1. The standard InChI is InChI=1S/C21H27N5O2/c1-13-6-18-19(28-14(2)15-8-20(27)22-9-15)7-16(11-25(18)24-13)17-10-23-26(12-17)21(3,4)5/h6-7,10-12,14-15H,8-9H2,1-5H3,(H,22,27)/t14-,15?/m1/s1. The van der Waals surface area contributed by atoms with Crippen LogP contribution in [-0.4, -0.2) is 38.0 Å². The van der Waals surface area contributed by atoms with E-state index in [1.165, 1.54) is 0 Å². The summed E-state index contributed by atoms with van der Waals surface area (Å²) in [6.07, 6.45) is 6.35. The first-order chi connectivity index (χ1) is 13.2. The largest absolute Gasteiger partial charge is 0.488 e. The third-order valence-corrected chi connectivity index (χ3v) is 5.25. The monoisotopic (exact) mass is 381 g/mol. The summed E-state index contributed by atoms with van der Waals surface area (Å²) in [5.41, 5.74) is 3.78. The lowest BCUT2D eigenvalue weighted by molar-refractivity contribution is -0.119. The van der Waals surface area contributed by atoms with Crippen LogP contribution in [0.2, 0.25) is 0 Å². The summed E-state index contributed by atoms with van der Waals surface area (Å²) in [7, 11) is 0. The van der Waals surface area contributed by atoms with E-state index in [0.29, 0.717) is 13.0 Å². The fraction of sp³-hybridized carbons (Fsp3) is 0.476. The Hall–Kier alpha value is -2.83. The number of nitrogens with one attached hydrogen (secondary N) is 1. The number of aryl methyl sites for hydroxylation is 1. The van der Waals surface area contributed by atoms with Gasteiger partial charge in [0.2, 0.25) is 5.91 Å². The van der Waals surface area contributed by atoms with Gasteiger partial charge in [0.05, 0.1) is 17.4 Å². The lowest BCUT2D eigenvalue weighted by Gasteiger charge is -2.20. The number of carbonyl (C=O) groups excluding carboxylic acids is 1. The number of carbonyl (C=O) groups is 1. The van der Waals surface area contributed by atoms with Crippen molar-refractivity contribution < 1.29 is 9.53 Å². The minimum Gasteiger partial charge on any atom is -0.488 e. The molecule has 7 heteroatoms. The van der Waals surface area contributed by atoms with Gasteiger partial charge in [-0.1, -0.05) is 0 Å². The van der Waals surface area contributed by atoms with Crippen LogP contribution in [0.5, 0.6) is 5.75 Å². The molecule has 1 amide bonds. The van der Waals surface area contributed by atoms with E-state index in [1.807, 2.05) is 53.8 Å². The third kappa shape index (κ3) is 3.48. The van der Waals surface area contributed by atoms with Crippen LogP contribution in [0, 0.1) is 12.8 Å². The maximum Gasteiger partial charge on any atom is 0.220 e. The smallest absolute Gasteiger partial charge is 0.220 e.